The van der Waals surface area contributed by atoms with Gasteiger partial charge in [0.15, 0.2) is 0 Å². The molecule has 0 amide bonds. The molecule has 17 heavy (non-hydrogen) atoms. The number of para-hydroxylation sites is 1. The Morgan fingerprint density at radius 3 is 2.94 bits per heavy atom. The van der Waals surface area contributed by atoms with Crippen molar-refractivity contribution in [1.82, 2.24) is 9.97 Å². The first-order valence-electron chi connectivity index (χ1n) is 5.23. The summed E-state index contributed by atoms with van der Waals surface area (Å²) < 4.78 is 0. The molecule has 3 nitrogen and oxygen atoms in total. The first-order chi connectivity index (χ1) is 8.25. The van der Waals surface area contributed by atoms with Crippen molar-refractivity contribution >= 4 is 28.3 Å². The molecule has 2 aromatic heterocycles. The number of aromatic amines is 1. The van der Waals surface area contributed by atoms with Gasteiger partial charge in [-0.15, -0.1) is 0 Å². The highest BCUT2D eigenvalue weighted by Gasteiger charge is 2.08. The molecule has 4 heteroatoms. The molecule has 0 aliphatic heterocycles. The second kappa shape index (κ2) is 3.79. The zero-order valence-electron chi connectivity index (χ0n) is 8.94. The highest BCUT2D eigenvalue weighted by molar-refractivity contribution is 6.35. The molecule has 0 saturated carbocycles. The van der Waals surface area contributed by atoms with Gasteiger partial charge in [0.2, 0.25) is 0 Å². The van der Waals surface area contributed by atoms with Crippen LogP contribution in [-0.4, -0.2) is 9.97 Å². The molecule has 1 aromatic carbocycles. The van der Waals surface area contributed by atoms with Crippen molar-refractivity contribution in [2.45, 2.75) is 0 Å². The molecule has 0 radical (unpaired) electrons. The van der Waals surface area contributed by atoms with Gasteiger partial charge in [-0.2, -0.15) is 0 Å². The number of H-pyrrole nitrogens is 1. The Hall–Kier alpha value is -2.00. The van der Waals surface area contributed by atoms with Gasteiger partial charge in [-0.05, 0) is 23.8 Å². The number of aromatic nitrogens is 2. The molecular weight excluding hydrogens is 234 g/mol. The molecule has 0 aliphatic carbocycles. The van der Waals surface area contributed by atoms with E-state index in [0.717, 1.165) is 27.1 Å². The van der Waals surface area contributed by atoms with Gasteiger partial charge in [0.05, 0.1) is 10.5 Å². The Bertz CT molecular complexity index is 688. The van der Waals surface area contributed by atoms with Gasteiger partial charge in [0.1, 0.15) is 5.82 Å². The van der Waals surface area contributed by atoms with Crippen molar-refractivity contribution in [2.24, 2.45) is 0 Å². The molecule has 0 aliphatic rings. The van der Waals surface area contributed by atoms with Crippen LogP contribution in [0.5, 0.6) is 0 Å². The highest BCUT2D eigenvalue weighted by atomic mass is 35.5. The number of anilines is 1. The van der Waals surface area contributed by atoms with E-state index in [9.17, 15) is 0 Å². The lowest BCUT2D eigenvalue weighted by Gasteiger charge is -2.00. The summed E-state index contributed by atoms with van der Waals surface area (Å²) in [5, 5.41) is 1.80. The van der Waals surface area contributed by atoms with Gasteiger partial charge in [-0.3, -0.25) is 0 Å². The van der Waals surface area contributed by atoms with Crippen molar-refractivity contribution in [3.05, 3.63) is 47.7 Å². The van der Waals surface area contributed by atoms with Crippen LogP contribution in [0.2, 0.25) is 5.02 Å². The van der Waals surface area contributed by atoms with E-state index in [2.05, 4.69) is 9.97 Å². The third-order valence-electron chi connectivity index (χ3n) is 2.76. The molecule has 2 heterocycles. The Kier molecular flexibility index (Phi) is 2.27. The van der Waals surface area contributed by atoms with Gasteiger partial charge in [-0.25, -0.2) is 4.98 Å². The standard InChI is InChI=1S/C13H10ClN3/c14-11-3-1-2-9-10(7-17-13(9)11)8-4-5-16-12(15)6-8/h1-7,17H,(H2,15,16). The minimum Gasteiger partial charge on any atom is -0.384 e. The van der Waals surface area contributed by atoms with Crippen molar-refractivity contribution in [3.8, 4) is 11.1 Å². The van der Waals surface area contributed by atoms with Gasteiger partial charge in [-0.1, -0.05) is 23.7 Å². The number of nitrogen functional groups attached to an aromatic ring is 1. The fourth-order valence-corrected chi connectivity index (χ4v) is 2.20. The highest BCUT2D eigenvalue weighted by Crippen LogP contribution is 2.32. The van der Waals surface area contributed by atoms with Crippen molar-refractivity contribution in [2.75, 3.05) is 5.73 Å². The lowest BCUT2D eigenvalue weighted by Crippen LogP contribution is -1.88. The summed E-state index contributed by atoms with van der Waals surface area (Å²) in [7, 11) is 0. The smallest absolute Gasteiger partial charge is 0.123 e. The van der Waals surface area contributed by atoms with Crippen LogP contribution >= 0.6 is 11.6 Å². The van der Waals surface area contributed by atoms with E-state index in [4.69, 9.17) is 17.3 Å². The molecule has 3 N–H and O–H groups in total. The van der Waals surface area contributed by atoms with E-state index >= 15 is 0 Å². The molecular formula is C13H10ClN3. The molecule has 0 fully saturated rings. The average Bonchev–Trinajstić information content (AvgIpc) is 2.74. The predicted octanol–water partition coefficient (Wildman–Crippen LogP) is 3.47. The number of hydrogen-bond acceptors (Lipinski definition) is 2. The Labute approximate surface area is 103 Å². The summed E-state index contributed by atoms with van der Waals surface area (Å²) in [4.78, 5) is 7.17. The third kappa shape index (κ3) is 1.65. The first-order valence-corrected chi connectivity index (χ1v) is 5.61. The summed E-state index contributed by atoms with van der Waals surface area (Å²) in [6.45, 7) is 0. The summed E-state index contributed by atoms with van der Waals surface area (Å²) in [5.74, 6) is 0.513. The summed E-state index contributed by atoms with van der Waals surface area (Å²) in [6, 6.07) is 9.62. The SMILES string of the molecule is Nc1cc(-c2c[nH]c3c(Cl)cccc23)ccn1. The van der Waals surface area contributed by atoms with Crippen LogP contribution in [0.15, 0.2) is 42.7 Å². The number of nitrogens with two attached hydrogens (primary N) is 1. The van der Waals surface area contributed by atoms with Gasteiger partial charge < -0.3 is 10.7 Å². The maximum atomic E-state index is 6.12. The zero-order valence-corrected chi connectivity index (χ0v) is 9.70. The number of rotatable bonds is 1. The average molecular weight is 244 g/mol. The van der Waals surface area contributed by atoms with Gasteiger partial charge in [0, 0.05) is 23.3 Å². The topological polar surface area (TPSA) is 54.7 Å². The van der Waals surface area contributed by atoms with Crippen LogP contribution in [0.1, 0.15) is 0 Å². The number of pyridine rings is 1. The molecule has 3 aromatic rings. The third-order valence-corrected chi connectivity index (χ3v) is 3.07. The number of hydrogen-bond donors (Lipinski definition) is 2. The van der Waals surface area contributed by atoms with Crippen molar-refractivity contribution in [3.63, 3.8) is 0 Å². The van der Waals surface area contributed by atoms with Crippen LogP contribution in [0, 0.1) is 0 Å². The fourth-order valence-electron chi connectivity index (χ4n) is 1.97. The van der Waals surface area contributed by atoms with Crippen LogP contribution in [-0.2, 0) is 0 Å². The number of fused-ring (bicyclic) bond motifs is 1. The molecule has 0 spiro atoms. The van der Waals surface area contributed by atoms with E-state index in [1.54, 1.807) is 6.20 Å². The van der Waals surface area contributed by atoms with Crippen LogP contribution in [0.4, 0.5) is 5.82 Å². The first kappa shape index (κ1) is 10.2. The van der Waals surface area contributed by atoms with Crippen LogP contribution in [0.3, 0.4) is 0 Å². The van der Waals surface area contributed by atoms with E-state index in [-0.39, 0.29) is 0 Å². The maximum Gasteiger partial charge on any atom is 0.123 e. The summed E-state index contributed by atoms with van der Waals surface area (Å²) in [6.07, 6.45) is 3.64. The number of benzene rings is 1. The predicted molar refractivity (Wildman–Crippen MR) is 71.0 cm³/mol. The van der Waals surface area contributed by atoms with Crippen molar-refractivity contribution in [1.29, 1.82) is 0 Å². The molecule has 0 atom stereocenters. The number of nitrogens with zero attached hydrogens (tertiary/aromatic N) is 1. The largest absolute Gasteiger partial charge is 0.384 e. The lowest BCUT2D eigenvalue weighted by atomic mass is 10.1. The van der Waals surface area contributed by atoms with Gasteiger partial charge >= 0.3 is 0 Å². The Morgan fingerprint density at radius 2 is 2.12 bits per heavy atom. The van der Waals surface area contributed by atoms with Crippen LogP contribution in [0.25, 0.3) is 22.0 Å². The van der Waals surface area contributed by atoms with Gasteiger partial charge in [0.25, 0.3) is 0 Å². The van der Waals surface area contributed by atoms with E-state index in [1.165, 1.54) is 0 Å². The van der Waals surface area contributed by atoms with Crippen LogP contribution < -0.4 is 5.73 Å². The second-order valence-electron chi connectivity index (χ2n) is 3.83. The minimum absolute atomic E-state index is 0.513. The second-order valence-corrected chi connectivity index (χ2v) is 4.24. The van der Waals surface area contributed by atoms with E-state index in [1.807, 2.05) is 36.5 Å². The van der Waals surface area contributed by atoms with E-state index < -0.39 is 0 Å². The zero-order chi connectivity index (χ0) is 11.8. The number of halogens is 1. The summed E-state index contributed by atoms with van der Waals surface area (Å²) >= 11 is 6.12. The summed E-state index contributed by atoms with van der Waals surface area (Å²) in [5.41, 5.74) is 8.75. The van der Waals surface area contributed by atoms with E-state index in [0.29, 0.717) is 5.82 Å². The van der Waals surface area contributed by atoms with Crippen molar-refractivity contribution < 1.29 is 0 Å². The Morgan fingerprint density at radius 1 is 1.24 bits per heavy atom. The lowest BCUT2D eigenvalue weighted by molar-refractivity contribution is 1.34. The molecule has 0 saturated heterocycles. The minimum atomic E-state index is 0.513. The molecule has 3 rings (SSSR count). The monoisotopic (exact) mass is 243 g/mol. The Balaban J connectivity index is 2.28. The molecule has 0 bridgehead atoms. The normalized spacial score (nSPS) is 10.9. The number of nitrogens with one attached hydrogen (secondary N) is 1. The fraction of sp³-hybridized carbons (Fsp3) is 0. The quantitative estimate of drug-likeness (QED) is 0.688. The molecule has 84 valence electrons. The molecule has 0 unspecified atom stereocenters. The maximum absolute atomic E-state index is 6.12.